The number of carbonyl (C=O) groups excluding carboxylic acids is 1. The topological polar surface area (TPSA) is 77.3 Å². The Hall–Kier alpha value is -2.70. The van der Waals surface area contributed by atoms with Crippen molar-refractivity contribution in [1.82, 2.24) is 19.4 Å². The number of carbonyl (C=O) groups is 1. The fourth-order valence-corrected chi connectivity index (χ4v) is 2.58. The third-order valence-corrected chi connectivity index (χ3v) is 3.99. The Labute approximate surface area is 133 Å². The third-order valence-electron chi connectivity index (χ3n) is 3.99. The SMILES string of the molecule is Cc1cc(OC2CCN(C(=O)c3cnccn3)C2)cc(=O)n1C. The van der Waals surface area contributed by atoms with Crippen LogP contribution in [0.2, 0.25) is 0 Å². The molecule has 0 aromatic carbocycles. The molecular formula is C16H18N4O3. The Kier molecular flexibility index (Phi) is 4.10. The summed E-state index contributed by atoms with van der Waals surface area (Å²) in [5.41, 5.74) is 1.06. The average Bonchev–Trinajstić information content (AvgIpc) is 3.01. The van der Waals surface area contributed by atoms with Gasteiger partial charge in [0.15, 0.2) is 0 Å². The van der Waals surface area contributed by atoms with Gasteiger partial charge in [-0.1, -0.05) is 0 Å². The summed E-state index contributed by atoms with van der Waals surface area (Å²) in [7, 11) is 1.72. The van der Waals surface area contributed by atoms with Crippen LogP contribution in [-0.4, -0.2) is 44.5 Å². The van der Waals surface area contributed by atoms with E-state index in [9.17, 15) is 9.59 Å². The van der Waals surface area contributed by atoms with E-state index in [0.29, 0.717) is 24.5 Å². The monoisotopic (exact) mass is 314 g/mol. The maximum atomic E-state index is 12.3. The van der Waals surface area contributed by atoms with Gasteiger partial charge in [-0.15, -0.1) is 0 Å². The zero-order valence-electron chi connectivity index (χ0n) is 13.1. The van der Waals surface area contributed by atoms with Gasteiger partial charge in [-0.05, 0) is 13.0 Å². The van der Waals surface area contributed by atoms with Crippen LogP contribution in [-0.2, 0) is 7.05 Å². The van der Waals surface area contributed by atoms with E-state index in [4.69, 9.17) is 4.74 Å². The van der Waals surface area contributed by atoms with Gasteiger partial charge in [-0.2, -0.15) is 0 Å². The number of aromatic nitrogens is 3. The van der Waals surface area contributed by atoms with E-state index in [0.717, 1.165) is 12.1 Å². The van der Waals surface area contributed by atoms with Crippen molar-refractivity contribution in [1.29, 1.82) is 0 Å². The molecule has 1 atom stereocenters. The third kappa shape index (κ3) is 3.23. The smallest absolute Gasteiger partial charge is 0.274 e. The van der Waals surface area contributed by atoms with Crippen molar-refractivity contribution in [2.75, 3.05) is 13.1 Å². The summed E-state index contributed by atoms with van der Waals surface area (Å²) in [6.45, 7) is 2.93. The van der Waals surface area contributed by atoms with Crippen LogP contribution in [0.1, 0.15) is 22.6 Å². The van der Waals surface area contributed by atoms with Crippen molar-refractivity contribution >= 4 is 5.91 Å². The second kappa shape index (κ2) is 6.20. The molecule has 3 rings (SSSR count). The molecule has 0 bridgehead atoms. The number of pyridine rings is 1. The fourth-order valence-electron chi connectivity index (χ4n) is 2.58. The molecule has 1 amide bonds. The second-order valence-corrected chi connectivity index (χ2v) is 5.60. The molecule has 0 saturated carbocycles. The molecule has 7 heteroatoms. The molecule has 1 fully saturated rings. The van der Waals surface area contributed by atoms with Crippen molar-refractivity contribution in [3.8, 4) is 5.75 Å². The first-order chi connectivity index (χ1) is 11.0. The van der Waals surface area contributed by atoms with Gasteiger partial charge in [0, 0.05) is 44.2 Å². The molecule has 1 aliphatic heterocycles. The van der Waals surface area contributed by atoms with Crippen molar-refractivity contribution < 1.29 is 9.53 Å². The molecule has 1 unspecified atom stereocenters. The van der Waals surface area contributed by atoms with Gasteiger partial charge in [-0.3, -0.25) is 14.6 Å². The van der Waals surface area contributed by atoms with Crippen LogP contribution in [0.25, 0.3) is 0 Å². The van der Waals surface area contributed by atoms with Crippen molar-refractivity contribution in [3.05, 3.63) is 52.5 Å². The van der Waals surface area contributed by atoms with Gasteiger partial charge in [0.1, 0.15) is 17.5 Å². The Balaban J connectivity index is 1.66. The Morgan fingerprint density at radius 1 is 1.35 bits per heavy atom. The van der Waals surface area contributed by atoms with E-state index < -0.39 is 0 Å². The summed E-state index contributed by atoms with van der Waals surface area (Å²) < 4.78 is 7.43. The Bertz CT molecular complexity index is 773. The molecule has 23 heavy (non-hydrogen) atoms. The highest BCUT2D eigenvalue weighted by Gasteiger charge is 2.29. The van der Waals surface area contributed by atoms with Crippen LogP contribution in [0.4, 0.5) is 0 Å². The zero-order chi connectivity index (χ0) is 16.4. The number of rotatable bonds is 3. The summed E-state index contributed by atoms with van der Waals surface area (Å²) >= 11 is 0. The molecule has 1 saturated heterocycles. The van der Waals surface area contributed by atoms with E-state index in [1.54, 1.807) is 16.5 Å². The highest BCUT2D eigenvalue weighted by atomic mass is 16.5. The molecule has 0 aliphatic carbocycles. The molecule has 0 spiro atoms. The van der Waals surface area contributed by atoms with Crippen LogP contribution in [0.5, 0.6) is 5.75 Å². The number of amides is 1. The molecule has 0 radical (unpaired) electrons. The lowest BCUT2D eigenvalue weighted by atomic mass is 10.3. The molecule has 2 aromatic heterocycles. The van der Waals surface area contributed by atoms with Crippen molar-refractivity contribution in [2.45, 2.75) is 19.4 Å². The highest BCUT2D eigenvalue weighted by Crippen LogP contribution is 2.19. The van der Waals surface area contributed by atoms with Crippen molar-refractivity contribution in [3.63, 3.8) is 0 Å². The first-order valence-corrected chi connectivity index (χ1v) is 7.44. The lowest BCUT2D eigenvalue weighted by Gasteiger charge is -2.17. The lowest BCUT2D eigenvalue weighted by molar-refractivity contribution is 0.0766. The van der Waals surface area contributed by atoms with Crippen LogP contribution >= 0.6 is 0 Å². The summed E-state index contributed by atoms with van der Waals surface area (Å²) in [5, 5.41) is 0. The molecule has 7 nitrogen and oxygen atoms in total. The maximum Gasteiger partial charge on any atom is 0.274 e. The number of aryl methyl sites for hydroxylation is 1. The van der Waals surface area contributed by atoms with Crippen molar-refractivity contribution in [2.24, 2.45) is 7.05 Å². The highest BCUT2D eigenvalue weighted by molar-refractivity contribution is 5.92. The standard InChI is InChI=1S/C16H18N4O3/c1-11-7-13(8-15(21)19(11)2)23-12-3-6-20(10-12)16(22)14-9-17-4-5-18-14/h4-5,7-9,12H,3,6,10H2,1-2H3. The van der Waals surface area contributed by atoms with Gasteiger partial charge >= 0.3 is 0 Å². The molecule has 0 N–H and O–H groups in total. The van der Waals surface area contributed by atoms with E-state index in [1.807, 2.05) is 13.0 Å². The molecular weight excluding hydrogens is 296 g/mol. The largest absolute Gasteiger partial charge is 0.488 e. The van der Waals surface area contributed by atoms with Gasteiger partial charge in [-0.25, -0.2) is 4.98 Å². The summed E-state index contributed by atoms with van der Waals surface area (Å²) in [5.74, 6) is 0.397. The van der Waals surface area contributed by atoms with Crippen LogP contribution in [0, 0.1) is 6.92 Å². The minimum Gasteiger partial charge on any atom is -0.488 e. The normalized spacial score (nSPS) is 17.3. The minimum atomic E-state index is -0.149. The van der Waals surface area contributed by atoms with Gasteiger partial charge < -0.3 is 14.2 Å². The van der Waals surface area contributed by atoms with Gasteiger partial charge in [0.2, 0.25) is 0 Å². The number of hydrogen-bond donors (Lipinski definition) is 0. The van der Waals surface area contributed by atoms with Crippen LogP contribution in [0.15, 0.2) is 35.5 Å². The number of ether oxygens (including phenoxy) is 1. The molecule has 2 aromatic rings. The number of likely N-dealkylation sites (tertiary alicyclic amines) is 1. The molecule has 120 valence electrons. The second-order valence-electron chi connectivity index (χ2n) is 5.60. The van der Waals surface area contributed by atoms with Gasteiger partial charge in [0.25, 0.3) is 11.5 Å². The predicted molar refractivity (Wildman–Crippen MR) is 83.4 cm³/mol. The Morgan fingerprint density at radius 3 is 2.87 bits per heavy atom. The Morgan fingerprint density at radius 2 is 2.17 bits per heavy atom. The summed E-state index contributed by atoms with van der Waals surface area (Å²) in [4.78, 5) is 33.7. The fraction of sp³-hybridized carbons (Fsp3) is 0.375. The van der Waals surface area contributed by atoms with Crippen LogP contribution < -0.4 is 10.3 Å². The maximum absolute atomic E-state index is 12.3. The average molecular weight is 314 g/mol. The quantitative estimate of drug-likeness (QED) is 0.836. The number of hydrogen-bond acceptors (Lipinski definition) is 5. The molecule has 1 aliphatic rings. The summed E-state index contributed by atoms with van der Waals surface area (Å²) in [6.07, 6.45) is 5.09. The first kappa shape index (κ1) is 15.2. The first-order valence-electron chi connectivity index (χ1n) is 7.44. The minimum absolute atomic E-state index is 0.106. The molecule has 3 heterocycles. The zero-order valence-corrected chi connectivity index (χ0v) is 13.1. The number of nitrogens with zero attached hydrogens (tertiary/aromatic N) is 4. The van der Waals surface area contributed by atoms with E-state index >= 15 is 0 Å². The van der Waals surface area contributed by atoms with E-state index in [-0.39, 0.29) is 17.6 Å². The summed E-state index contributed by atoms with van der Waals surface area (Å²) in [6, 6.07) is 3.30. The van der Waals surface area contributed by atoms with Crippen LogP contribution in [0.3, 0.4) is 0 Å². The van der Waals surface area contributed by atoms with E-state index in [2.05, 4.69) is 9.97 Å². The predicted octanol–water partition coefficient (Wildman–Crippen LogP) is 0.777. The van der Waals surface area contributed by atoms with Gasteiger partial charge in [0.05, 0.1) is 12.7 Å². The lowest BCUT2D eigenvalue weighted by Crippen LogP contribution is -2.31. The van der Waals surface area contributed by atoms with E-state index in [1.165, 1.54) is 24.7 Å².